The van der Waals surface area contributed by atoms with Gasteiger partial charge in [-0.25, -0.2) is 0 Å². The molecule has 0 aliphatic carbocycles. The monoisotopic (exact) mass is 218 g/mol. The van der Waals surface area contributed by atoms with Gasteiger partial charge in [0.1, 0.15) is 6.10 Å². The van der Waals surface area contributed by atoms with Crippen LogP contribution >= 0.6 is 0 Å². The van der Waals surface area contributed by atoms with E-state index in [0.717, 1.165) is 0 Å². The van der Waals surface area contributed by atoms with Crippen molar-refractivity contribution in [2.75, 3.05) is 6.54 Å². The summed E-state index contributed by atoms with van der Waals surface area (Å²) in [5.41, 5.74) is 11.5. The molecule has 90 valence electrons. The van der Waals surface area contributed by atoms with Gasteiger partial charge in [0.2, 0.25) is 0 Å². The number of rotatable bonds is 3. The first-order chi connectivity index (χ1) is 6.97. The van der Waals surface area contributed by atoms with Crippen molar-refractivity contribution < 1.29 is 14.6 Å². The van der Waals surface area contributed by atoms with Crippen molar-refractivity contribution in [2.24, 2.45) is 17.4 Å². The summed E-state index contributed by atoms with van der Waals surface area (Å²) in [7, 11) is 0. The number of ether oxygens (including phenoxy) is 2. The maximum atomic E-state index is 9.85. The van der Waals surface area contributed by atoms with Gasteiger partial charge >= 0.3 is 0 Å². The molecule has 3 unspecified atom stereocenters. The SMILES string of the molecule is CC(C)O[C@H]1OC(CN)[C@@H](C)C(N)C1O. The fourth-order valence-corrected chi connectivity index (χ4v) is 1.77. The molecular formula is C10H22N2O3. The van der Waals surface area contributed by atoms with Crippen LogP contribution in [0.25, 0.3) is 0 Å². The summed E-state index contributed by atoms with van der Waals surface area (Å²) in [5, 5.41) is 9.85. The van der Waals surface area contributed by atoms with Crippen LogP contribution in [0.15, 0.2) is 0 Å². The summed E-state index contributed by atoms with van der Waals surface area (Å²) in [4.78, 5) is 0. The first kappa shape index (κ1) is 12.9. The molecule has 0 aromatic carbocycles. The van der Waals surface area contributed by atoms with Gasteiger partial charge in [-0.2, -0.15) is 0 Å². The molecule has 1 heterocycles. The first-order valence-electron chi connectivity index (χ1n) is 5.42. The molecule has 0 radical (unpaired) electrons. The average molecular weight is 218 g/mol. The van der Waals surface area contributed by atoms with Crippen molar-refractivity contribution in [2.45, 2.75) is 51.4 Å². The molecule has 0 spiro atoms. The van der Waals surface area contributed by atoms with Gasteiger partial charge in [0.15, 0.2) is 6.29 Å². The van der Waals surface area contributed by atoms with Gasteiger partial charge in [-0.05, 0) is 13.8 Å². The highest BCUT2D eigenvalue weighted by Crippen LogP contribution is 2.25. The molecule has 0 saturated carbocycles. The molecule has 15 heavy (non-hydrogen) atoms. The van der Waals surface area contributed by atoms with Gasteiger partial charge in [0, 0.05) is 18.5 Å². The number of hydrogen-bond acceptors (Lipinski definition) is 5. The predicted octanol–water partition coefficient (Wildman–Crippen LogP) is -0.581. The van der Waals surface area contributed by atoms with E-state index in [9.17, 15) is 5.11 Å². The van der Waals surface area contributed by atoms with E-state index in [1.165, 1.54) is 0 Å². The van der Waals surface area contributed by atoms with Crippen molar-refractivity contribution >= 4 is 0 Å². The molecule has 0 aromatic rings. The molecule has 0 bridgehead atoms. The van der Waals surface area contributed by atoms with Gasteiger partial charge in [-0.3, -0.25) is 0 Å². The Morgan fingerprint density at radius 2 is 2.07 bits per heavy atom. The molecule has 1 fully saturated rings. The maximum absolute atomic E-state index is 9.85. The van der Waals surface area contributed by atoms with Crippen molar-refractivity contribution in [1.29, 1.82) is 0 Å². The minimum atomic E-state index is -0.787. The smallest absolute Gasteiger partial charge is 0.185 e. The van der Waals surface area contributed by atoms with Crippen molar-refractivity contribution in [1.82, 2.24) is 0 Å². The quantitative estimate of drug-likeness (QED) is 0.589. The molecule has 1 aliphatic heterocycles. The molecule has 0 aromatic heterocycles. The Balaban J connectivity index is 2.65. The summed E-state index contributed by atoms with van der Waals surface area (Å²) in [6, 6.07) is -0.351. The van der Waals surface area contributed by atoms with E-state index in [1.807, 2.05) is 20.8 Å². The van der Waals surface area contributed by atoms with Crippen molar-refractivity contribution in [3.05, 3.63) is 0 Å². The zero-order valence-corrected chi connectivity index (χ0v) is 9.59. The molecule has 0 amide bonds. The molecule has 1 saturated heterocycles. The van der Waals surface area contributed by atoms with E-state index in [2.05, 4.69) is 0 Å². The molecule has 5 heteroatoms. The molecule has 5 N–H and O–H groups in total. The van der Waals surface area contributed by atoms with E-state index in [4.69, 9.17) is 20.9 Å². The standard InChI is InChI=1S/C10H22N2O3/c1-5(2)14-10-9(13)8(12)6(3)7(4-11)15-10/h5-10,13H,4,11-12H2,1-3H3/t6-,7?,8?,9?,10+/m1/s1. The fourth-order valence-electron chi connectivity index (χ4n) is 1.77. The lowest BCUT2D eigenvalue weighted by Gasteiger charge is -2.42. The van der Waals surface area contributed by atoms with E-state index in [1.54, 1.807) is 0 Å². The first-order valence-corrected chi connectivity index (χ1v) is 5.42. The van der Waals surface area contributed by atoms with E-state index < -0.39 is 12.4 Å². The lowest BCUT2D eigenvalue weighted by atomic mass is 9.89. The van der Waals surface area contributed by atoms with Gasteiger partial charge in [-0.1, -0.05) is 6.92 Å². The zero-order chi connectivity index (χ0) is 11.6. The Morgan fingerprint density at radius 1 is 1.47 bits per heavy atom. The Morgan fingerprint density at radius 3 is 2.53 bits per heavy atom. The van der Waals surface area contributed by atoms with Crippen LogP contribution in [0.4, 0.5) is 0 Å². The van der Waals surface area contributed by atoms with Crippen molar-refractivity contribution in [3.8, 4) is 0 Å². The minimum absolute atomic E-state index is 0.0105. The number of aliphatic hydroxyl groups is 1. The van der Waals surface area contributed by atoms with Crippen LogP contribution in [0.1, 0.15) is 20.8 Å². The topological polar surface area (TPSA) is 90.7 Å². The highest BCUT2D eigenvalue weighted by molar-refractivity contribution is 4.90. The van der Waals surface area contributed by atoms with Crippen LogP contribution in [0, 0.1) is 5.92 Å². The third-order valence-corrected chi connectivity index (χ3v) is 2.81. The lowest BCUT2D eigenvalue weighted by molar-refractivity contribution is -0.267. The molecule has 5 nitrogen and oxygen atoms in total. The van der Waals surface area contributed by atoms with Gasteiger partial charge < -0.3 is 26.0 Å². The van der Waals surface area contributed by atoms with Crippen LogP contribution < -0.4 is 11.5 Å². The normalized spacial score (nSPS) is 42.2. The van der Waals surface area contributed by atoms with E-state index >= 15 is 0 Å². The van der Waals surface area contributed by atoms with Crippen LogP contribution in [-0.4, -0.2) is 42.3 Å². The Hall–Kier alpha value is -0.200. The van der Waals surface area contributed by atoms with Crippen LogP contribution in [-0.2, 0) is 9.47 Å². The summed E-state index contributed by atoms with van der Waals surface area (Å²) < 4.78 is 11.0. The Bertz CT molecular complexity index is 199. The van der Waals surface area contributed by atoms with Gasteiger partial charge in [-0.15, -0.1) is 0 Å². The van der Waals surface area contributed by atoms with Gasteiger partial charge in [0.05, 0.1) is 12.2 Å². The Labute approximate surface area is 90.7 Å². The molecule has 5 atom stereocenters. The van der Waals surface area contributed by atoms with Crippen LogP contribution in [0.2, 0.25) is 0 Å². The van der Waals surface area contributed by atoms with Crippen molar-refractivity contribution in [3.63, 3.8) is 0 Å². The third kappa shape index (κ3) is 2.89. The lowest BCUT2D eigenvalue weighted by Crippen LogP contribution is -2.60. The van der Waals surface area contributed by atoms with Crippen LogP contribution in [0.5, 0.6) is 0 Å². The molecule has 1 aliphatic rings. The second-order valence-corrected chi connectivity index (χ2v) is 4.39. The Kier molecular flexibility index (Phi) is 4.48. The molecular weight excluding hydrogens is 196 g/mol. The third-order valence-electron chi connectivity index (χ3n) is 2.81. The second kappa shape index (κ2) is 5.23. The second-order valence-electron chi connectivity index (χ2n) is 4.39. The van der Waals surface area contributed by atoms with E-state index in [-0.39, 0.29) is 24.2 Å². The summed E-state index contributed by atoms with van der Waals surface area (Å²) >= 11 is 0. The number of aliphatic hydroxyl groups excluding tert-OH is 1. The van der Waals surface area contributed by atoms with Gasteiger partial charge in [0.25, 0.3) is 0 Å². The predicted molar refractivity (Wildman–Crippen MR) is 57.1 cm³/mol. The summed E-state index contributed by atoms with van der Waals surface area (Å²) in [6.45, 7) is 6.09. The zero-order valence-electron chi connectivity index (χ0n) is 9.59. The number of nitrogens with two attached hydrogens (primary N) is 2. The average Bonchev–Trinajstić information content (AvgIpc) is 2.18. The van der Waals surface area contributed by atoms with E-state index in [0.29, 0.717) is 6.54 Å². The number of hydrogen-bond donors (Lipinski definition) is 3. The highest BCUT2D eigenvalue weighted by atomic mass is 16.7. The maximum Gasteiger partial charge on any atom is 0.185 e. The summed E-state index contributed by atoms with van der Waals surface area (Å²) in [5.74, 6) is 0.0389. The van der Waals surface area contributed by atoms with Crippen LogP contribution in [0.3, 0.4) is 0 Å². The fraction of sp³-hybridized carbons (Fsp3) is 1.00. The molecule has 1 rings (SSSR count). The largest absolute Gasteiger partial charge is 0.386 e. The highest BCUT2D eigenvalue weighted by Gasteiger charge is 2.41. The minimum Gasteiger partial charge on any atom is -0.386 e. The summed E-state index contributed by atoms with van der Waals surface area (Å²) in [6.07, 6.45) is -1.61.